The molecule has 0 radical (unpaired) electrons. The molecule has 0 amide bonds. The largest absolute Gasteiger partial charge is 0.306 e. The van der Waals surface area contributed by atoms with E-state index in [2.05, 4.69) is 11.9 Å². The molecule has 1 aromatic carbocycles. The first-order valence-electron chi connectivity index (χ1n) is 5.74. The molecule has 1 unspecified atom stereocenters. The van der Waals surface area contributed by atoms with Gasteiger partial charge in [-0.2, -0.15) is 0 Å². The van der Waals surface area contributed by atoms with Gasteiger partial charge in [0, 0.05) is 22.2 Å². The maximum atomic E-state index is 11.0. The van der Waals surface area contributed by atoms with Crippen molar-refractivity contribution in [2.45, 2.75) is 18.1 Å². The van der Waals surface area contributed by atoms with Gasteiger partial charge in [-0.15, -0.1) is 0 Å². The van der Waals surface area contributed by atoms with Gasteiger partial charge in [0.15, 0.2) is 0 Å². The molecule has 0 saturated carbocycles. The van der Waals surface area contributed by atoms with E-state index in [9.17, 15) is 8.42 Å². The fourth-order valence-electron chi connectivity index (χ4n) is 2.38. The van der Waals surface area contributed by atoms with Crippen LogP contribution in [-0.2, 0) is 14.8 Å². The average Bonchev–Trinajstić information content (AvgIpc) is 2.62. The van der Waals surface area contributed by atoms with Gasteiger partial charge < -0.3 is 4.90 Å². The second-order valence-electron chi connectivity index (χ2n) is 4.79. The Bertz CT molecular complexity index is 545. The summed E-state index contributed by atoms with van der Waals surface area (Å²) in [5.74, 6) is 0.253. The second-order valence-corrected chi connectivity index (χ2v) is 7.97. The predicted octanol–water partition coefficient (Wildman–Crippen LogP) is 2.83. The zero-order valence-electron chi connectivity index (χ0n) is 10.1. The lowest BCUT2D eigenvalue weighted by atomic mass is 9.97. The molecule has 1 fully saturated rings. The van der Waals surface area contributed by atoms with Gasteiger partial charge in [-0.25, -0.2) is 8.42 Å². The van der Waals surface area contributed by atoms with Crippen molar-refractivity contribution in [3.63, 3.8) is 0 Å². The third-order valence-electron chi connectivity index (χ3n) is 3.24. The summed E-state index contributed by atoms with van der Waals surface area (Å²) in [6.07, 6.45) is 1.09. The van der Waals surface area contributed by atoms with Gasteiger partial charge in [-0.1, -0.05) is 23.7 Å². The van der Waals surface area contributed by atoms with E-state index in [0.29, 0.717) is 16.5 Å². The number of hydrogen-bond donors (Lipinski definition) is 0. The summed E-state index contributed by atoms with van der Waals surface area (Å²) in [4.78, 5) is 2.26. The highest BCUT2D eigenvalue weighted by atomic mass is 35.7. The molecule has 1 saturated heterocycles. The van der Waals surface area contributed by atoms with E-state index in [0.717, 1.165) is 25.1 Å². The Morgan fingerprint density at radius 3 is 2.67 bits per heavy atom. The van der Waals surface area contributed by atoms with Crippen LogP contribution in [0.2, 0.25) is 5.02 Å². The highest BCUT2D eigenvalue weighted by molar-refractivity contribution is 8.13. The molecule has 0 N–H and O–H groups in total. The maximum absolute atomic E-state index is 11.0. The molecule has 100 valence electrons. The van der Waals surface area contributed by atoms with Crippen molar-refractivity contribution in [2.24, 2.45) is 0 Å². The molecule has 0 bridgehead atoms. The number of nitrogens with zero attached hydrogens (tertiary/aromatic N) is 1. The van der Waals surface area contributed by atoms with Gasteiger partial charge in [0.05, 0.1) is 5.75 Å². The quantitative estimate of drug-likeness (QED) is 0.806. The summed E-state index contributed by atoms with van der Waals surface area (Å²) in [7, 11) is 3.78. The minimum Gasteiger partial charge on any atom is -0.306 e. The summed E-state index contributed by atoms with van der Waals surface area (Å²) in [5, 5.41) is 0.633. The number of halogens is 2. The standard InChI is InChI=1S/C12H15Cl2NO2S/c1-15-5-4-10(7-15)11-3-2-9(6-12(11)13)8-18(14,16)17/h2-3,6,10H,4-5,7-8H2,1H3. The Balaban J connectivity index is 2.20. The van der Waals surface area contributed by atoms with Crippen LogP contribution in [0.15, 0.2) is 18.2 Å². The normalized spacial score (nSPS) is 21.4. The molecule has 0 spiro atoms. The number of likely N-dealkylation sites (tertiary alicyclic amines) is 1. The van der Waals surface area contributed by atoms with Crippen LogP contribution in [0.3, 0.4) is 0 Å². The Hall–Kier alpha value is -0.290. The molecule has 1 heterocycles. The van der Waals surface area contributed by atoms with Crippen LogP contribution < -0.4 is 0 Å². The second kappa shape index (κ2) is 5.37. The van der Waals surface area contributed by atoms with Crippen LogP contribution in [0, 0.1) is 0 Å². The van der Waals surface area contributed by atoms with E-state index in [-0.39, 0.29) is 5.75 Å². The topological polar surface area (TPSA) is 37.4 Å². The first kappa shape index (κ1) is 14.1. The van der Waals surface area contributed by atoms with Crippen LogP contribution in [0.4, 0.5) is 0 Å². The summed E-state index contributed by atoms with van der Waals surface area (Å²) in [5.41, 5.74) is 1.72. The van der Waals surface area contributed by atoms with Gasteiger partial charge in [0.1, 0.15) is 0 Å². The molecule has 1 aliphatic heterocycles. The number of rotatable bonds is 3. The van der Waals surface area contributed by atoms with Gasteiger partial charge in [-0.05, 0) is 43.1 Å². The van der Waals surface area contributed by atoms with Crippen LogP contribution in [0.25, 0.3) is 0 Å². The molecule has 6 heteroatoms. The fraction of sp³-hybridized carbons (Fsp3) is 0.500. The summed E-state index contributed by atoms with van der Waals surface area (Å²) in [6.45, 7) is 2.06. The molecular weight excluding hydrogens is 293 g/mol. The van der Waals surface area contributed by atoms with E-state index in [1.165, 1.54) is 0 Å². The molecule has 0 aliphatic carbocycles. The minimum atomic E-state index is -3.53. The van der Waals surface area contributed by atoms with Crippen molar-refractivity contribution in [3.8, 4) is 0 Å². The van der Waals surface area contributed by atoms with E-state index in [4.69, 9.17) is 22.3 Å². The highest BCUT2D eigenvalue weighted by Crippen LogP contribution is 2.32. The zero-order valence-corrected chi connectivity index (χ0v) is 12.4. The third-order valence-corrected chi connectivity index (χ3v) is 4.57. The van der Waals surface area contributed by atoms with E-state index in [1.54, 1.807) is 12.1 Å². The Morgan fingerprint density at radius 1 is 1.44 bits per heavy atom. The highest BCUT2D eigenvalue weighted by Gasteiger charge is 2.23. The zero-order chi connectivity index (χ0) is 13.3. The lowest BCUT2D eigenvalue weighted by Crippen LogP contribution is -2.13. The van der Waals surface area contributed by atoms with Crippen molar-refractivity contribution < 1.29 is 8.42 Å². The van der Waals surface area contributed by atoms with E-state index in [1.807, 2.05) is 6.07 Å². The molecule has 0 aromatic heterocycles. The van der Waals surface area contributed by atoms with Gasteiger partial charge >= 0.3 is 0 Å². The maximum Gasteiger partial charge on any atom is 0.236 e. The van der Waals surface area contributed by atoms with Crippen molar-refractivity contribution in [2.75, 3.05) is 20.1 Å². The first-order valence-corrected chi connectivity index (χ1v) is 8.60. The SMILES string of the molecule is CN1CCC(c2ccc(CS(=O)(=O)Cl)cc2Cl)C1. The van der Waals surface area contributed by atoms with Crippen molar-refractivity contribution in [3.05, 3.63) is 34.3 Å². The molecule has 1 atom stereocenters. The van der Waals surface area contributed by atoms with Crippen molar-refractivity contribution in [1.29, 1.82) is 0 Å². The monoisotopic (exact) mass is 307 g/mol. The summed E-state index contributed by atoms with van der Waals surface area (Å²) in [6, 6.07) is 5.41. The smallest absolute Gasteiger partial charge is 0.236 e. The summed E-state index contributed by atoms with van der Waals surface area (Å²) >= 11 is 6.23. The Morgan fingerprint density at radius 2 is 2.17 bits per heavy atom. The number of likely N-dealkylation sites (N-methyl/N-ethyl adjacent to an activating group) is 1. The number of hydrogen-bond acceptors (Lipinski definition) is 3. The lowest BCUT2D eigenvalue weighted by molar-refractivity contribution is 0.411. The molecule has 18 heavy (non-hydrogen) atoms. The van der Waals surface area contributed by atoms with Crippen molar-refractivity contribution in [1.82, 2.24) is 4.90 Å². The van der Waals surface area contributed by atoms with Crippen molar-refractivity contribution >= 4 is 31.3 Å². The van der Waals surface area contributed by atoms with Crippen LogP contribution in [-0.4, -0.2) is 33.5 Å². The molecule has 1 aromatic rings. The van der Waals surface area contributed by atoms with Crippen LogP contribution in [0.1, 0.15) is 23.5 Å². The molecule has 2 rings (SSSR count). The molecular formula is C12H15Cl2NO2S. The van der Waals surface area contributed by atoms with E-state index < -0.39 is 9.05 Å². The average molecular weight is 308 g/mol. The first-order chi connectivity index (χ1) is 8.35. The van der Waals surface area contributed by atoms with E-state index >= 15 is 0 Å². The molecule has 3 nitrogen and oxygen atoms in total. The van der Waals surface area contributed by atoms with Gasteiger partial charge in [-0.3, -0.25) is 0 Å². The fourth-order valence-corrected chi connectivity index (χ4v) is 3.69. The number of benzene rings is 1. The van der Waals surface area contributed by atoms with Gasteiger partial charge in [0.2, 0.25) is 9.05 Å². The van der Waals surface area contributed by atoms with Crippen LogP contribution >= 0.6 is 22.3 Å². The Labute approximate surface area is 117 Å². The Kier molecular flexibility index (Phi) is 4.22. The lowest BCUT2D eigenvalue weighted by Gasteiger charge is -2.13. The van der Waals surface area contributed by atoms with Crippen LogP contribution in [0.5, 0.6) is 0 Å². The third kappa shape index (κ3) is 3.60. The summed E-state index contributed by atoms with van der Waals surface area (Å²) < 4.78 is 22.0. The van der Waals surface area contributed by atoms with Gasteiger partial charge in [0.25, 0.3) is 0 Å². The predicted molar refractivity (Wildman–Crippen MR) is 74.8 cm³/mol. The minimum absolute atomic E-state index is 0.181. The molecule has 1 aliphatic rings.